The highest BCUT2D eigenvalue weighted by Crippen LogP contribution is 2.36. The van der Waals surface area contributed by atoms with Crippen LogP contribution in [0, 0.1) is 0 Å². The van der Waals surface area contributed by atoms with Crippen LogP contribution in [-0.4, -0.2) is 35.5 Å². The second kappa shape index (κ2) is 6.65. The van der Waals surface area contributed by atoms with E-state index in [-0.39, 0.29) is 5.91 Å². The number of hydrogen-bond acceptors (Lipinski definition) is 5. The molecule has 0 spiro atoms. The summed E-state index contributed by atoms with van der Waals surface area (Å²) in [6.45, 7) is 7.82. The zero-order chi connectivity index (χ0) is 17.3. The topological polar surface area (TPSA) is 68.5 Å². The quantitative estimate of drug-likeness (QED) is 0.762. The molecular formula is C18H21N3O2S. The molecule has 3 rings (SSSR count). The number of pyridine rings is 1. The van der Waals surface area contributed by atoms with Crippen molar-refractivity contribution < 1.29 is 9.53 Å². The summed E-state index contributed by atoms with van der Waals surface area (Å²) in [5.41, 5.74) is 7.65. The third kappa shape index (κ3) is 2.78. The molecule has 1 amide bonds. The van der Waals surface area contributed by atoms with Crippen molar-refractivity contribution in [1.82, 2.24) is 9.88 Å². The third-order valence-corrected chi connectivity index (χ3v) is 5.14. The highest BCUT2D eigenvalue weighted by Gasteiger charge is 2.21. The smallest absolute Gasteiger partial charge is 0.266 e. The minimum atomic E-state index is -0.0282. The summed E-state index contributed by atoms with van der Waals surface area (Å²) >= 11 is 1.36. The van der Waals surface area contributed by atoms with Crippen LogP contribution in [0.1, 0.15) is 30.4 Å². The van der Waals surface area contributed by atoms with Gasteiger partial charge in [-0.1, -0.05) is 0 Å². The van der Waals surface area contributed by atoms with Gasteiger partial charge in [-0.15, -0.1) is 11.3 Å². The van der Waals surface area contributed by atoms with E-state index in [1.807, 2.05) is 45.0 Å². The molecule has 3 aromatic rings. The van der Waals surface area contributed by atoms with Crippen LogP contribution >= 0.6 is 11.3 Å². The number of aromatic nitrogens is 1. The molecule has 0 atom stereocenters. The van der Waals surface area contributed by atoms with Crippen molar-refractivity contribution in [1.29, 1.82) is 0 Å². The molecule has 2 aromatic heterocycles. The van der Waals surface area contributed by atoms with Crippen molar-refractivity contribution in [3.8, 4) is 5.75 Å². The Morgan fingerprint density at radius 1 is 1.25 bits per heavy atom. The Morgan fingerprint density at radius 2 is 2.00 bits per heavy atom. The molecule has 2 heterocycles. The average Bonchev–Trinajstić information content (AvgIpc) is 2.90. The monoisotopic (exact) mass is 343 g/mol. The average molecular weight is 343 g/mol. The van der Waals surface area contributed by atoms with E-state index in [2.05, 4.69) is 4.98 Å². The van der Waals surface area contributed by atoms with Crippen LogP contribution in [0.25, 0.3) is 21.1 Å². The molecule has 1 aromatic carbocycles. The molecule has 5 nitrogen and oxygen atoms in total. The lowest BCUT2D eigenvalue weighted by Crippen LogP contribution is -2.30. The van der Waals surface area contributed by atoms with Gasteiger partial charge in [0.15, 0.2) is 0 Å². The predicted molar refractivity (Wildman–Crippen MR) is 100.0 cm³/mol. The molecule has 0 radical (unpaired) electrons. The van der Waals surface area contributed by atoms with E-state index in [0.717, 1.165) is 26.9 Å². The molecular weight excluding hydrogens is 322 g/mol. The number of rotatable bonds is 5. The minimum Gasteiger partial charge on any atom is -0.494 e. The summed E-state index contributed by atoms with van der Waals surface area (Å²) in [6.07, 6.45) is 0. The van der Waals surface area contributed by atoms with Crippen LogP contribution in [0.15, 0.2) is 24.3 Å². The summed E-state index contributed by atoms with van der Waals surface area (Å²) in [7, 11) is 0. The molecule has 0 aliphatic heterocycles. The van der Waals surface area contributed by atoms with Gasteiger partial charge in [0.05, 0.1) is 17.8 Å². The first kappa shape index (κ1) is 16.5. The Hall–Kier alpha value is -2.34. The minimum absolute atomic E-state index is 0.0282. The summed E-state index contributed by atoms with van der Waals surface area (Å²) < 4.78 is 5.54. The van der Waals surface area contributed by atoms with Crippen LogP contribution in [0.2, 0.25) is 0 Å². The highest BCUT2D eigenvalue weighted by molar-refractivity contribution is 7.21. The molecule has 0 bridgehead atoms. The Labute approximate surface area is 145 Å². The van der Waals surface area contributed by atoms with Gasteiger partial charge in [0.25, 0.3) is 5.91 Å². The fourth-order valence-corrected chi connectivity index (χ4v) is 3.80. The van der Waals surface area contributed by atoms with Gasteiger partial charge in [0, 0.05) is 23.9 Å². The number of carbonyl (C=O) groups is 1. The van der Waals surface area contributed by atoms with Gasteiger partial charge in [0.2, 0.25) is 0 Å². The van der Waals surface area contributed by atoms with Crippen molar-refractivity contribution in [2.24, 2.45) is 0 Å². The summed E-state index contributed by atoms with van der Waals surface area (Å²) in [4.78, 5) is 20.4. The lowest BCUT2D eigenvalue weighted by Gasteiger charge is -2.17. The van der Waals surface area contributed by atoms with E-state index in [1.54, 1.807) is 4.90 Å². The van der Waals surface area contributed by atoms with E-state index in [0.29, 0.717) is 30.3 Å². The number of anilines is 1. The highest BCUT2D eigenvalue weighted by atomic mass is 32.1. The molecule has 0 unspecified atom stereocenters. The van der Waals surface area contributed by atoms with Crippen molar-refractivity contribution in [2.45, 2.75) is 20.8 Å². The number of nitrogens with zero attached hydrogens (tertiary/aromatic N) is 2. The normalized spacial score (nSPS) is 11.1. The number of nitrogens with two attached hydrogens (primary N) is 1. The standard InChI is InChI=1S/C18H21N3O2S/c1-4-21(5-2)18(22)16-15(19)13-10-11-9-12(23-6-3)7-8-14(11)20-17(13)24-16/h7-10H,4-6,19H2,1-3H3. The second-order valence-electron chi connectivity index (χ2n) is 5.45. The number of thiophene rings is 1. The first-order valence-electron chi connectivity index (χ1n) is 8.13. The van der Waals surface area contributed by atoms with Gasteiger partial charge in [-0.2, -0.15) is 0 Å². The number of carbonyl (C=O) groups excluding carboxylic acids is 1. The van der Waals surface area contributed by atoms with Crippen LogP contribution < -0.4 is 10.5 Å². The van der Waals surface area contributed by atoms with Gasteiger partial charge in [-0.3, -0.25) is 4.79 Å². The van der Waals surface area contributed by atoms with Crippen molar-refractivity contribution in [3.63, 3.8) is 0 Å². The Balaban J connectivity index is 2.13. The number of nitrogen functional groups attached to an aromatic ring is 1. The molecule has 0 aliphatic rings. The molecule has 0 fully saturated rings. The number of ether oxygens (including phenoxy) is 1. The van der Waals surface area contributed by atoms with Crippen molar-refractivity contribution >= 4 is 44.1 Å². The lowest BCUT2D eigenvalue weighted by molar-refractivity contribution is 0.0779. The summed E-state index contributed by atoms with van der Waals surface area (Å²) in [5, 5.41) is 1.79. The first-order chi connectivity index (χ1) is 11.6. The maximum absolute atomic E-state index is 12.6. The fraction of sp³-hybridized carbons (Fsp3) is 0.333. The van der Waals surface area contributed by atoms with Gasteiger partial charge in [-0.05, 0) is 45.0 Å². The van der Waals surface area contributed by atoms with Crippen LogP contribution in [-0.2, 0) is 0 Å². The van der Waals surface area contributed by atoms with Crippen molar-refractivity contribution in [2.75, 3.05) is 25.4 Å². The number of fused-ring (bicyclic) bond motifs is 2. The number of amides is 1. The fourth-order valence-electron chi connectivity index (χ4n) is 2.75. The molecule has 0 saturated carbocycles. The maximum Gasteiger partial charge on any atom is 0.266 e. The van der Waals surface area contributed by atoms with Gasteiger partial charge < -0.3 is 15.4 Å². The third-order valence-electron chi connectivity index (χ3n) is 4.04. The summed E-state index contributed by atoms with van der Waals surface area (Å²) in [5.74, 6) is 0.777. The number of hydrogen-bond donors (Lipinski definition) is 1. The molecule has 0 aliphatic carbocycles. The largest absolute Gasteiger partial charge is 0.494 e. The first-order valence-corrected chi connectivity index (χ1v) is 8.95. The Kier molecular flexibility index (Phi) is 4.57. The molecule has 24 heavy (non-hydrogen) atoms. The Bertz CT molecular complexity index is 900. The zero-order valence-corrected chi connectivity index (χ0v) is 14.9. The van der Waals surface area contributed by atoms with E-state index in [9.17, 15) is 4.79 Å². The summed E-state index contributed by atoms with van der Waals surface area (Å²) in [6, 6.07) is 7.78. The van der Waals surface area contributed by atoms with E-state index in [4.69, 9.17) is 10.5 Å². The SMILES string of the molecule is CCOc1ccc2nc3sc(C(=O)N(CC)CC)c(N)c3cc2c1. The van der Waals surface area contributed by atoms with Crippen LogP contribution in [0.5, 0.6) is 5.75 Å². The predicted octanol–water partition coefficient (Wildman–Crippen LogP) is 3.91. The maximum atomic E-state index is 12.6. The van der Waals surface area contributed by atoms with E-state index in [1.165, 1.54) is 11.3 Å². The van der Waals surface area contributed by atoms with E-state index >= 15 is 0 Å². The van der Waals surface area contributed by atoms with Crippen molar-refractivity contribution in [3.05, 3.63) is 29.1 Å². The van der Waals surface area contributed by atoms with E-state index < -0.39 is 0 Å². The molecule has 2 N–H and O–H groups in total. The molecule has 126 valence electrons. The van der Waals surface area contributed by atoms with Gasteiger partial charge in [0.1, 0.15) is 15.5 Å². The van der Waals surface area contributed by atoms with Crippen LogP contribution in [0.3, 0.4) is 0 Å². The lowest BCUT2D eigenvalue weighted by atomic mass is 10.1. The van der Waals surface area contributed by atoms with Gasteiger partial charge in [-0.25, -0.2) is 4.98 Å². The molecule has 0 saturated heterocycles. The zero-order valence-electron chi connectivity index (χ0n) is 14.1. The number of benzene rings is 1. The van der Waals surface area contributed by atoms with Gasteiger partial charge >= 0.3 is 0 Å². The van der Waals surface area contributed by atoms with Crippen LogP contribution in [0.4, 0.5) is 5.69 Å². The second-order valence-corrected chi connectivity index (χ2v) is 6.45. The molecule has 6 heteroatoms. The Morgan fingerprint density at radius 3 is 2.67 bits per heavy atom.